The van der Waals surface area contributed by atoms with Gasteiger partial charge in [0, 0.05) is 0 Å². The second-order valence-electron chi connectivity index (χ2n) is 13.8. The molecule has 4 rings (SSSR count). The maximum absolute atomic E-state index is 4.17. The second kappa shape index (κ2) is 18.5. The third kappa shape index (κ3) is 8.79. The van der Waals surface area contributed by atoms with Gasteiger partial charge in [-0.25, -0.2) is 0 Å². The molecule has 0 amide bonds. The summed E-state index contributed by atoms with van der Waals surface area (Å²) < 4.78 is 0. The summed E-state index contributed by atoms with van der Waals surface area (Å²) in [5, 5.41) is 0. The lowest BCUT2D eigenvalue weighted by Crippen LogP contribution is -2.56. The van der Waals surface area contributed by atoms with Gasteiger partial charge < -0.3 is 0 Å². The van der Waals surface area contributed by atoms with Crippen LogP contribution in [0.25, 0.3) is 0 Å². The first-order chi connectivity index (χ1) is 18.1. The maximum Gasteiger partial charge on any atom is -0.0215 e. The van der Waals surface area contributed by atoms with Crippen molar-refractivity contribution in [3.05, 3.63) is 12.2 Å². The summed E-state index contributed by atoms with van der Waals surface area (Å²) in [5.41, 5.74) is 2.66. The average Bonchev–Trinajstić information content (AvgIpc) is 3.29. The van der Waals surface area contributed by atoms with E-state index in [1.165, 1.54) is 82.6 Å². The smallest absolute Gasteiger partial charge is 0.0215 e. The van der Waals surface area contributed by atoms with Crippen molar-refractivity contribution < 1.29 is 0 Å². The lowest BCUT2D eigenvalue weighted by atomic mass is 9.42. The Bertz CT molecular complexity index is 622. The van der Waals surface area contributed by atoms with Gasteiger partial charge in [0.05, 0.1) is 0 Å². The van der Waals surface area contributed by atoms with Crippen LogP contribution in [0.5, 0.6) is 0 Å². The molecule has 0 radical (unpaired) electrons. The summed E-state index contributed by atoms with van der Waals surface area (Å²) >= 11 is 3.53. The third-order valence-electron chi connectivity index (χ3n) is 11.6. The number of hydrogen-bond acceptors (Lipinski definition) is 1. The number of rotatable bonds is 5. The van der Waals surface area contributed by atoms with Gasteiger partial charge in [-0.05, 0) is 129 Å². The summed E-state index contributed by atoms with van der Waals surface area (Å²) in [6, 6.07) is 0. The third-order valence-corrected chi connectivity index (χ3v) is 11.6. The Morgan fingerprint density at radius 2 is 1.37 bits per heavy atom. The predicted molar refractivity (Wildman–Crippen MR) is 180 cm³/mol. The van der Waals surface area contributed by atoms with Crippen molar-refractivity contribution in [3.63, 3.8) is 0 Å². The first kappa shape index (κ1) is 38.1. The van der Waals surface area contributed by atoms with E-state index in [2.05, 4.69) is 74.6 Å². The zero-order valence-corrected chi connectivity index (χ0v) is 29.7. The fourth-order valence-corrected chi connectivity index (χ4v) is 9.50. The Morgan fingerprint density at radius 3 is 1.89 bits per heavy atom. The normalized spacial score (nSPS) is 39.4. The highest BCUT2D eigenvalue weighted by Crippen LogP contribution is 2.69. The molecule has 228 valence electrons. The molecule has 0 N–H and O–H groups in total. The molecule has 0 spiro atoms. The molecular formula is C37H74S. The summed E-state index contributed by atoms with van der Waals surface area (Å²) in [4.78, 5) is 0. The lowest BCUT2D eigenvalue weighted by Gasteiger charge is -2.63. The average molecular weight is 551 g/mol. The minimum Gasteiger partial charge on any atom is -0.183 e. The number of unbranched alkanes of at least 4 members (excludes halogenated alkanes) is 1. The zero-order valence-electron chi connectivity index (χ0n) is 28.8. The molecule has 4 aliphatic rings. The van der Waals surface area contributed by atoms with Gasteiger partial charge in [-0.3, -0.25) is 0 Å². The summed E-state index contributed by atoms with van der Waals surface area (Å²) in [5.74, 6) is 7.84. The van der Waals surface area contributed by atoms with E-state index < -0.39 is 0 Å². The molecule has 0 saturated heterocycles. The van der Waals surface area contributed by atoms with E-state index in [-0.39, 0.29) is 0 Å². The molecule has 38 heavy (non-hydrogen) atoms. The van der Waals surface area contributed by atoms with Crippen molar-refractivity contribution in [2.24, 2.45) is 58.2 Å². The molecule has 0 bridgehead atoms. The van der Waals surface area contributed by atoms with Crippen molar-refractivity contribution in [2.45, 2.75) is 160 Å². The monoisotopic (exact) mass is 551 g/mol. The van der Waals surface area contributed by atoms with Crippen LogP contribution in [0.1, 0.15) is 160 Å². The van der Waals surface area contributed by atoms with Gasteiger partial charge in [0.15, 0.2) is 0 Å². The van der Waals surface area contributed by atoms with Crippen LogP contribution in [-0.2, 0) is 0 Å². The molecule has 0 nitrogen and oxygen atoms in total. The van der Waals surface area contributed by atoms with E-state index in [0.29, 0.717) is 10.8 Å². The predicted octanol–water partition coefficient (Wildman–Crippen LogP) is 12.9. The number of hydrogen-bond donors (Lipinski definition) is 1. The molecule has 1 heteroatoms. The number of allylic oxidation sites excluding steroid dienone is 1. The van der Waals surface area contributed by atoms with Gasteiger partial charge in [0.1, 0.15) is 0 Å². The molecule has 0 aromatic carbocycles. The zero-order chi connectivity index (χ0) is 29.7. The molecule has 10 atom stereocenters. The topological polar surface area (TPSA) is 0 Å². The highest BCUT2D eigenvalue weighted by atomic mass is 32.1. The summed E-state index contributed by atoms with van der Waals surface area (Å²) in [6.45, 7) is 31.9. The molecule has 0 aromatic heterocycles. The van der Waals surface area contributed by atoms with Crippen LogP contribution in [0.3, 0.4) is 0 Å². The van der Waals surface area contributed by atoms with E-state index in [1.807, 2.05) is 27.7 Å². The van der Waals surface area contributed by atoms with Gasteiger partial charge in [0.25, 0.3) is 0 Å². The summed E-state index contributed by atoms with van der Waals surface area (Å²) in [6.07, 6.45) is 19.1. The van der Waals surface area contributed by atoms with Gasteiger partial charge in [0.2, 0.25) is 0 Å². The van der Waals surface area contributed by atoms with Crippen LogP contribution in [0.15, 0.2) is 12.2 Å². The van der Waals surface area contributed by atoms with Crippen LogP contribution >= 0.6 is 12.6 Å². The number of fused-ring (bicyclic) bond motifs is 5. The SMILES string of the molecule is C=C(C)CCC(C)C1CCC2C3C(C)CC4CC(C)CCC4(C)C3CCC12C.CC.CC.CCCC.CS. The lowest BCUT2D eigenvalue weighted by molar-refractivity contribution is -0.142. The van der Waals surface area contributed by atoms with Gasteiger partial charge in [-0.2, -0.15) is 12.6 Å². The Balaban J connectivity index is 0.00000121. The van der Waals surface area contributed by atoms with Crippen molar-refractivity contribution in [1.29, 1.82) is 0 Å². The highest BCUT2D eigenvalue weighted by Gasteiger charge is 2.61. The second-order valence-corrected chi connectivity index (χ2v) is 13.8. The largest absolute Gasteiger partial charge is 0.183 e. The highest BCUT2D eigenvalue weighted by molar-refractivity contribution is 7.79. The van der Waals surface area contributed by atoms with Crippen LogP contribution in [0.4, 0.5) is 0 Å². The molecular weight excluding hydrogens is 476 g/mol. The van der Waals surface area contributed by atoms with Crippen LogP contribution in [-0.4, -0.2) is 6.26 Å². The molecule has 0 aromatic rings. The molecule has 0 aliphatic heterocycles. The maximum atomic E-state index is 4.17. The van der Waals surface area contributed by atoms with E-state index in [9.17, 15) is 0 Å². The summed E-state index contributed by atoms with van der Waals surface area (Å²) in [7, 11) is 0. The molecule has 4 aliphatic carbocycles. The van der Waals surface area contributed by atoms with Crippen LogP contribution in [0.2, 0.25) is 0 Å². The van der Waals surface area contributed by atoms with Crippen LogP contribution < -0.4 is 0 Å². The van der Waals surface area contributed by atoms with E-state index in [0.717, 1.165) is 47.3 Å². The minimum atomic E-state index is 0.620. The van der Waals surface area contributed by atoms with E-state index >= 15 is 0 Å². The first-order valence-corrected chi connectivity index (χ1v) is 18.1. The van der Waals surface area contributed by atoms with Crippen molar-refractivity contribution in [2.75, 3.05) is 6.26 Å². The standard InChI is InChI=1S/C28H48.C4H10.2C2H6.CH4S/c1-18(2)8-9-20(4)23-10-11-24-26-21(5)17-22-16-19(3)12-14-27(22,6)25(26)13-15-28(23,24)7;1-3-4-2;3*1-2/h19-26H,1,8-17H2,2-7H3;3-4H2,1-2H3;2*1-2H3;2H,1H3. The molecule has 4 saturated carbocycles. The van der Waals surface area contributed by atoms with E-state index in [1.54, 1.807) is 6.26 Å². The minimum absolute atomic E-state index is 0.620. The van der Waals surface area contributed by atoms with Gasteiger partial charge in [-0.15, -0.1) is 6.58 Å². The Kier molecular flexibility index (Phi) is 18.6. The molecule has 0 heterocycles. The fraction of sp³-hybridized carbons (Fsp3) is 0.946. The Labute approximate surface area is 248 Å². The van der Waals surface area contributed by atoms with Crippen molar-refractivity contribution >= 4 is 12.6 Å². The Hall–Kier alpha value is 0.0900. The number of thiol groups is 1. The van der Waals surface area contributed by atoms with E-state index in [4.69, 9.17) is 0 Å². The van der Waals surface area contributed by atoms with Crippen LogP contribution in [0, 0.1) is 58.2 Å². The van der Waals surface area contributed by atoms with Crippen molar-refractivity contribution in [3.8, 4) is 0 Å². The molecule has 4 fully saturated rings. The molecule has 10 unspecified atom stereocenters. The van der Waals surface area contributed by atoms with Crippen molar-refractivity contribution in [1.82, 2.24) is 0 Å². The van der Waals surface area contributed by atoms with Gasteiger partial charge in [-0.1, -0.05) is 101 Å². The Morgan fingerprint density at radius 1 is 0.842 bits per heavy atom. The quantitative estimate of drug-likeness (QED) is 0.255. The first-order valence-electron chi connectivity index (χ1n) is 17.2. The fourth-order valence-electron chi connectivity index (χ4n) is 9.50. The van der Waals surface area contributed by atoms with Gasteiger partial charge >= 0.3 is 0 Å².